The van der Waals surface area contributed by atoms with Gasteiger partial charge in [0.1, 0.15) is 0 Å². The lowest BCUT2D eigenvalue weighted by molar-refractivity contribution is 0.437. The Hall–Kier alpha value is -1.64. The number of hydrogen-bond acceptors (Lipinski definition) is 2. The molecule has 2 aromatic carbocycles. The highest BCUT2D eigenvalue weighted by molar-refractivity contribution is 5.18. The Labute approximate surface area is 121 Å². The molecule has 20 heavy (non-hydrogen) atoms. The van der Waals surface area contributed by atoms with Crippen molar-refractivity contribution in [2.45, 2.75) is 31.8 Å². The molecule has 106 valence electrons. The molecule has 2 aromatic rings. The van der Waals surface area contributed by atoms with Crippen molar-refractivity contribution in [3.05, 3.63) is 71.8 Å². The van der Waals surface area contributed by atoms with E-state index >= 15 is 0 Å². The van der Waals surface area contributed by atoms with Gasteiger partial charge >= 0.3 is 0 Å². The molecule has 0 bridgehead atoms. The van der Waals surface area contributed by atoms with Crippen LogP contribution in [0.4, 0.5) is 0 Å². The number of nitrogens with two attached hydrogens (primary N) is 2. The van der Waals surface area contributed by atoms with Gasteiger partial charge in [0.25, 0.3) is 0 Å². The molecule has 0 spiro atoms. The zero-order valence-electron chi connectivity index (χ0n) is 11.9. The van der Waals surface area contributed by atoms with Crippen LogP contribution in [0.2, 0.25) is 0 Å². The van der Waals surface area contributed by atoms with E-state index in [0.717, 1.165) is 25.7 Å². The number of hydrogen-bond donors (Lipinski definition) is 2. The van der Waals surface area contributed by atoms with Gasteiger partial charge < -0.3 is 11.5 Å². The van der Waals surface area contributed by atoms with Gasteiger partial charge in [-0.2, -0.15) is 0 Å². The first-order valence-corrected chi connectivity index (χ1v) is 7.33. The summed E-state index contributed by atoms with van der Waals surface area (Å²) in [6.45, 7) is 0. The summed E-state index contributed by atoms with van der Waals surface area (Å²) in [6, 6.07) is 21.3. The summed E-state index contributed by atoms with van der Waals surface area (Å²) in [5.74, 6) is 0.592. The van der Waals surface area contributed by atoms with E-state index in [-0.39, 0.29) is 6.17 Å². The van der Waals surface area contributed by atoms with Crippen molar-refractivity contribution in [2.75, 3.05) is 0 Å². The second-order valence-corrected chi connectivity index (χ2v) is 5.49. The average molecular weight is 268 g/mol. The molecule has 2 heteroatoms. The van der Waals surface area contributed by atoms with Gasteiger partial charge in [-0.05, 0) is 42.7 Å². The molecular formula is C18H24N2. The molecular weight excluding hydrogens is 244 g/mol. The maximum absolute atomic E-state index is 5.71. The summed E-state index contributed by atoms with van der Waals surface area (Å²) in [7, 11) is 0. The lowest BCUT2D eigenvalue weighted by atomic mass is 9.88. The van der Waals surface area contributed by atoms with Crippen LogP contribution in [0, 0.1) is 5.92 Å². The summed E-state index contributed by atoms with van der Waals surface area (Å²) in [6.07, 6.45) is 3.92. The van der Waals surface area contributed by atoms with E-state index in [1.165, 1.54) is 11.1 Å². The molecule has 0 unspecified atom stereocenters. The maximum Gasteiger partial charge on any atom is 0.0520 e. The molecule has 0 atom stereocenters. The predicted molar refractivity (Wildman–Crippen MR) is 85.2 cm³/mol. The van der Waals surface area contributed by atoms with E-state index in [2.05, 4.69) is 60.7 Å². The quantitative estimate of drug-likeness (QED) is 0.758. The molecule has 0 heterocycles. The lowest BCUT2D eigenvalue weighted by Crippen LogP contribution is -2.31. The predicted octanol–water partition coefficient (Wildman–Crippen LogP) is 3.11. The minimum Gasteiger partial charge on any atom is -0.316 e. The first-order chi connectivity index (χ1) is 9.74. The summed E-state index contributed by atoms with van der Waals surface area (Å²) in [5, 5.41) is 0. The van der Waals surface area contributed by atoms with Crippen molar-refractivity contribution in [1.29, 1.82) is 0 Å². The van der Waals surface area contributed by atoms with Crippen molar-refractivity contribution in [1.82, 2.24) is 0 Å². The fourth-order valence-electron chi connectivity index (χ4n) is 2.60. The summed E-state index contributed by atoms with van der Waals surface area (Å²) in [4.78, 5) is 0. The molecule has 0 aliphatic heterocycles. The molecule has 0 amide bonds. The molecule has 0 aliphatic carbocycles. The Bertz CT molecular complexity index is 438. The van der Waals surface area contributed by atoms with Crippen molar-refractivity contribution in [2.24, 2.45) is 17.4 Å². The normalized spacial score (nSPS) is 11.2. The van der Waals surface area contributed by atoms with Crippen LogP contribution in [0.15, 0.2) is 60.7 Å². The Morgan fingerprint density at radius 3 is 1.50 bits per heavy atom. The highest BCUT2D eigenvalue weighted by Crippen LogP contribution is 2.19. The second-order valence-electron chi connectivity index (χ2n) is 5.49. The third kappa shape index (κ3) is 5.16. The van der Waals surface area contributed by atoms with Crippen molar-refractivity contribution in [3.63, 3.8) is 0 Å². The highest BCUT2D eigenvalue weighted by atomic mass is 14.8. The van der Waals surface area contributed by atoms with E-state index in [1.54, 1.807) is 0 Å². The Morgan fingerprint density at radius 2 is 1.10 bits per heavy atom. The third-order valence-electron chi connectivity index (χ3n) is 3.64. The van der Waals surface area contributed by atoms with Gasteiger partial charge in [-0.1, -0.05) is 60.7 Å². The molecule has 0 aliphatic rings. The summed E-state index contributed by atoms with van der Waals surface area (Å²) < 4.78 is 0. The van der Waals surface area contributed by atoms with Gasteiger partial charge in [-0.25, -0.2) is 0 Å². The van der Waals surface area contributed by atoms with Gasteiger partial charge in [-0.15, -0.1) is 0 Å². The average Bonchev–Trinajstić information content (AvgIpc) is 2.47. The Balaban J connectivity index is 2.00. The molecule has 0 saturated heterocycles. The smallest absolute Gasteiger partial charge is 0.0520 e. The molecule has 0 radical (unpaired) electrons. The summed E-state index contributed by atoms with van der Waals surface area (Å²) >= 11 is 0. The van der Waals surface area contributed by atoms with Crippen molar-refractivity contribution >= 4 is 0 Å². The van der Waals surface area contributed by atoms with Crippen LogP contribution in [-0.2, 0) is 12.8 Å². The molecule has 0 saturated carbocycles. The lowest BCUT2D eigenvalue weighted by Gasteiger charge is -2.18. The molecule has 2 rings (SSSR count). The first kappa shape index (κ1) is 14.8. The largest absolute Gasteiger partial charge is 0.316 e. The highest BCUT2D eigenvalue weighted by Gasteiger charge is 2.12. The number of benzene rings is 2. The zero-order valence-corrected chi connectivity index (χ0v) is 11.9. The van der Waals surface area contributed by atoms with E-state index in [1.807, 2.05) is 0 Å². The van der Waals surface area contributed by atoms with Crippen molar-refractivity contribution < 1.29 is 0 Å². The number of rotatable bonds is 7. The fourth-order valence-corrected chi connectivity index (χ4v) is 2.60. The molecule has 4 N–H and O–H groups in total. The third-order valence-corrected chi connectivity index (χ3v) is 3.64. The van der Waals surface area contributed by atoms with Crippen LogP contribution in [0.5, 0.6) is 0 Å². The zero-order chi connectivity index (χ0) is 14.2. The summed E-state index contributed by atoms with van der Waals surface area (Å²) in [5.41, 5.74) is 14.2. The van der Waals surface area contributed by atoms with Crippen LogP contribution in [-0.4, -0.2) is 6.17 Å². The Morgan fingerprint density at radius 1 is 0.650 bits per heavy atom. The van der Waals surface area contributed by atoms with Crippen LogP contribution < -0.4 is 11.5 Å². The molecule has 0 fully saturated rings. The SMILES string of the molecule is NC(N)CCC(Cc1ccccc1)Cc1ccccc1. The van der Waals surface area contributed by atoms with E-state index in [0.29, 0.717) is 5.92 Å². The fraction of sp³-hybridized carbons (Fsp3) is 0.333. The van der Waals surface area contributed by atoms with E-state index < -0.39 is 0 Å². The van der Waals surface area contributed by atoms with Gasteiger partial charge in [0.15, 0.2) is 0 Å². The Kier molecular flexibility index (Phi) is 5.78. The molecule has 0 aromatic heterocycles. The molecule has 2 nitrogen and oxygen atoms in total. The van der Waals surface area contributed by atoms with Crippen LogP contribution in [0.25, 0.3) is 0 Å². The topological polar surface area (TPSA) is 52.0 Å². The van der Waals surface area contributed by atoms with Crippen LogP contribution in [0.1, 0.15) is 24.0 Å². The van der Waals surface area contributed by atoms with Gasteiger partial charge in [-0.3, -0.25) is 0 Å². The maximum atomic E-state index is 5.71. The van der Waals surface area contributed by atoms with E-state index in [4.69, 9.17) is 11.5 Å². The first-order valence-electron chi connectivity index (χ1n) is 7.33. The van der Waals surface area contributed by atoms with Crippen molar-refractivity contribution in [3.8, 4) is 0 Å². The minimum atomic E-state index is -0.205. The van der Waals surface area contributed by atoms with E-state index in [9.17, 15) is 0 Å². The van der Waals surface area contributed by atoms with Gasteiger partial charge in [0, 0.05) is 0 Å². The minimum absolute atomic E-state index is 0.205. The standard InChI is InChI=1S/C18H24N2/c19-18(20)12-11-17(13-15-7-3-1-4-8-15)14-16-9-5-2-6-10-16/h1-10,17-18H,11-14,19-20H2. The monoisotopic (exact) mass is 268 g/mol. The van der Waals surface area contributed by atoms with Crippen LogP contribution >= 0.6 is 0 Å². The van der Waals surface area contributed by atoms with Crippen LogP contribution in [0.3, 0.4) is 0 Å². The second kappa shape index (κ2) is 7.83. The van der Waals surface area contributed by atoms with Gasteiger partial charge in [0.05, 0.1) is 6.17 Å². The van der Waals surface area contributed by atoms with Gasteiger partial charge in [0.2, 0.25) is 0 Å².